The topological polar surface area (TPSA) is 114 Å². The Bertz CT molecular complexity index is 1770. The molecule has 1 saturated carbocycles. The van der Waals surface area contributed by atoms with E-state index in [9.17, 15) is 31.2 Å². The fourth-order valence-corrected chi connectivity index (χ4v) is 9.74. The Hall–Kier alpha value is -3.81. The van der Waals surface area contributed by atoms with Crippen LogP contribution < -0.4 is 19.3 Å². The first-order chi connectivity index (χ1) is 21.4. The van der Waals surface area contributed by atoms with Crippen molar-refractivity contribution in [1.29, 1.82) is 0 Å². The summed E-state index contributed by atoms with van der Waals surface area (Å²) in [6.45, 7) is 2.04. The smallest absolute Gasteiger partial charge is 0.418 e. The van der Waals surface area contributed by atoms with Crippen molar-refractivity contribution in [2.24, 2.45) is 5.92 Å². The zero-order valence-corrected chi connectivity index (χ0v) is 25.7. The predicted molar refractivity (Wildman–Crippen MR) is 160 cm³/mol. The summed E-state index contributed by atoms with van der Waals surface area (Å²) >= 11 is 0. The Balaban J connectivity index is 1.48. The van der Waals surface area contributed by atoms with Gasteiger partial charge in [0, 0.05) is 35.4 Å². The number of fused-ring (bicyclic) bond motifs is 2. The Morgan fingerprint density at radius 3 is 2.47 bits per heavy atom. The maximum Gasteiger partial charge on any atom is 0.418 e. The van der Waals surface area contributed by atoms with E-state index in [0.29, 0.717) is 42.9 Å². The van der Waals surface area contributed by atoms with E-state index in [4.69, 9.17) is 4.74 Å². The van der Waals surface area contributed by atoms with Crippen LogP contribution in [-0.2, 0) is 33.0 Å². The van der Waals surface area contributed by atoms with E-state index in [1.807, 2.05) is 0 Å². The van der Waals surface area contributed by atoms with Gasteiger partial charge in [0.2, 0.25) is 0 Å². The second kappa shape index (κ2) is 11.2. The lowest BCUT2D eigenvalue weighted by atomic mass is 9.68. The molecule has 238 valence electrons. The summed E-state index contributed by atoms with van der Waals surface area (Å²) in [7, 11) is -2.96. The Kier molecular flexibility index (Phi) is 7.77. The van der Waals surface area contributed by atoms with E-state index in [1.54, 1.807) is 18.2 Å². The van der Waals surface area contributed by atoms with E-state index < -0.39 is 55.5 Å². The van der Waals surface area contributed by atoms with Gasteiger partial charge in [0.05, 0.1) is 37.3 Å². The molecule has 1 saturated heterocycles. The van der Waals surface area contributed by atoms with Gasteiger partial charge in [0.25, 0.3) is 5.91 Å². The van der Waals surface area contributed by atoms with Crippen molar-refractivity contribution < 1.29 is 35.9 Å². The summed E-state index contributed by atoms with van der Waals surface area (Å²) < 4.78 is 74.7. The second-order valence-electron chi connectivity index (χ2n) is 11.9. The quantitative estimate of drug-likeness (QED) is 0.359. The molecule has 1 spiro atoms. The van der Waals surface area contributed by atoms with Crippen molar-refractivity contribution in [2.75, 3.05) is 20.2 Å². The molecule has 2 fully saturated rings. The van der Waals surface area contributed by atoms with E-state index in [0.717, 1.165) is 18.9 Å². The zero-order valence-electron chi connectivity index (χ0n) is 24.9. The van der Waals surface area contributed by atoms with Gasteiger partial charge in [-0.3, -0.25) is 9.78 Å². The standard InChI is InChI=1S/C32H33F3N4O5S/c1-20(40)39(45(42,43)24-6-3-5-23(18-24)44-2)28-11-10-22(30(41)38-19-27-25(32(33,34)35)7-4-14-37-27)17-26(28)31(12-15-36-16-13-31)29(39)21-8-9-21/h3-7,10-11,14,17-18,21,29,36H,8-9,12-13,15-16,19H2,1-2H3/p+1. The van der Waals surface area contributed by atoms with Crippen LogP contribution in [0.4, 0.5) is 18.9 Å². The fraction of sp³-hybridized carbons (Fsp3) is 0.406. The third-order valence-corrected chi connectivity index (χ3v) is 11.8. The zero-order chi connectivity index (χ0) is 32.2. The van der Waals surface area contributed by atoms with E-state index in [1.165, 1.54) is 50.6 Å². The van der Waals surface area contributed by atoms with Crippen LogP contribution >= 0.6 is 0 Å². The van der Waals surface area contributed by atoms with Gasteiger partial charge >= 0.3 is 22.1 Å². The third-order valence-electron chi connectivity index (χ3n) is 9.47. The number of hydrogen-bond donors (Lipinski definition) is 2. The number of alkyl halides is 3. The first-order valence-electron chi connectivity index (χ1n) is 14.8. The van der Waals surface area contributed by atoms with Crippen LogP contribution in [0.1, 0.15) is 59.8 Å². The number of benzene rings is 2. The van der Waals surface area contributed by atoms with Crippen LogP contribution in [0.25, 0.3) is 0 Å². The van der Waals surface area contributed by atoms with Gasteiger partial charge in [-0.15, -0.1) is 3.89 Å². The first-order valence-corrected chi connectivity index (χ1v) is 16.3. The van der Waals surface area contributed by atoms with Crippen LogP contribution in [0.2, 0.25) is 0 Å². The summed E-state index contributed by atoms with van der Waals surface area (Å²) in [5.41, 5.74) is -0.909. The summed E-state index contributed by atoms with van der Waals surface area (Å²) in [4.78, 5) is 31.2. The number of methoxy groups -OCH3 is 1. The Morgan fingerprint density at radius 1 is 1.09 bits per heavy atom. The molecule has 1 aromatic heterocycles. The number of hydrogen-bond acceptors (Lipinski definition) is 7. The molecule has 2 aromatic carbocycles. The summed E-state index contributed by atoms with van der Waals surface area (Å²) in [6, 6.07) is 12.2. The van der Waals surface area contributed by atoms with E-state index >= 15 is 0 Å². The molecule has 0 radical (unpaired) electrons. The number of rotatable bonds is 7. The van der Waals surface area contributed by atoms with Gasteiger partial charge in [-0.1, -0.05) is 6.07 Å². The maximum absolute atomic E-state index is 14.9. The van der Waals surface area contributed by atoms with Crippen LogP contribution in [0.15, 0.2) is 65.7 Å². The van der Waals surface area contributed by atoms with Crippen molar-refractivity contribution >= 4 is 27.5 Å². The van der Waals surface area contributed by atoms with Crippen LogP contribution in [-0.4, -0.2) is 51.5 Å². The minimum atomic E-state index is -4.64. The first kappa shape index (κ1) is 31.2. The highest BCUT2D eigenvalue weighted by molar-refractivity contribution is 7.91. The van der Waals surface area contributed by atoms with E-state index in [2.05, 4.69) is 15.6 Å². The second-order valence-corrected chi connectivity index (χ2v) is 13.9. The van der Waals surface area contributed by atoms with Gasteiger partial charge in [-0.25, -0.2) is 4.79 Å². The number of aromatic nitrogens is 1. The lowest BCUT2D eigenvalue weighted by molar-refractivity contribution is -0.138. The van der Waals surface area contributed by atoms with Crippen molar-refractivity contribution in [3.05, 3.63) is 83.2 Å². The number of halogens is 3. The molecule has 2 N–H and O–H groups in total. The number of carbonyl (C=O) groups is 2. The highest BCUT2D eigenvalue weighted by Gasteiger charge is 2.73. The van der Waals surface area contributed by atoms with Gasteiger partial charge in [-0.05, 0) is 75.2 Å². The number of nitrogens with zero attached hydrogens (tertiary/aromatic N) is 2. The van der Waals surface area contributed by atoms with Crippen LogP contribution in [0, 0.1) is 5.92 Å². The van der Waals surface area contributed by atoms with Crippen molar-refractivity contribution in [1.82, 2.24) is 19.5 Å². The number of nitrogens with one attached hydrogen (secondary N) is 2. The molecule has 45 heavy (non-hydrogen) atoms. The van der Waals surface area contributed by atoms with Crippen LogP contribution in [0.3, 0.4) is 0 Å². The lowest BCUT2D eigenvalue weighted by Crippen LogP contribution is -2.67. The molecule has 9 nitrogen and oxygen atoms in total. The largest absolute Gasteiger partial charge is 0.497 e. The molecule has 2 atom stereocenters. The molecule has 0 bridgehead atoms. The molecule has 6 rings (SSSR count). The molecule has 3 aliphatic rings. The maximum atomic E-state index is 14.9. The summed E-state index contributed by atoms with van der Waals surface area (Å²) in [5, 5.41) is 5.90. The lowest BCUT2D eigenvalue weighted by Gasteiger charge is -2.43. The highest BCUT2D eigenvalue weighted by atomic mass is 32.2. The molecule has 2 unspecified atom stereocenters. The number of amides is 2. The monoisotopic (exact) mass is 643 g/mol. The van der Waals surface area contributed by atoms with Gasteiger partial charge < -0.3 is 15.4 Å². The van der Waals surface area contributed by atoms with Gasteiger partial charge in [-0.2, -0.15) is 21.6 Å². The van der Waals surface area contributed by atoms with Gasteiger partial charge in [0.1, 0.15) is 16.7 Å². The normalized spacial score (nSPS) is 22.6. The average molecular weight is 644 g/mol. The molecule has 2 amide bonds. The van der Waals surface area contributed by atoms with Crippen molar-refractivity contribution in [3.63, 3.8) is 0 Å². The minimum absolute atomic E-state index is 0.0398. The minimum Gasteiger partial charge on any atom is -0.497 e. The summed E-state index contributed by atoms with van der Waals surface area (Å²) in [6.07, 6.45) is -0.760. The number of sulfonamides is 1. The fourth-order valence-electron chi connectivity index (χ4n) is 7.47. The predicted octanol–water partition coefficient (Wildman–Crippen LogP) is 4.70. The van der Waals surface area contributed by atoms with Crippen molar-refractivity contribution in [2.45, 2.75) is 61.7 Å². The molecule has 13 heteroatoms. The number of piperidine rings is 1. The SMILES string of the molecule is COc1cccc(S(=O)(=O)[N+]2(C(C)=O)c3ccc(C(=O)NCc4ncccc4C(F)(F)F)cc3C3(CCNCC3)C2C2CC2)c1. The Labute approximate surface area is 259 Å². The molecule has 3 aromatic rings. The van der Waals surface area contributed by atoms with Crippen LogP contribution in [0.5, 0.6) is 5.75 Å². The molecule has 3 heterocycles. The summed E-state index contributed by atoms with van der Waals surface area (Å²) in [5.74, 6) is -0.877. The highest BCUT2D eigenvalue weighted by Crippen LogP contribution is 2.62. The Morgan fingerprint density at radius 2 is 1.82 bits per heavy atom. The number of quaternary nitrogens is 1. The van der Waals surface area contributed by atoms with Gasteiger partial charge in [0.15, 0.2) is 5.69 Å². The number of ether oxygens (including phenoxy) is 1. The third kappa shape index (κ3) is 4.92. The average Bonchev–Trinajstić information content (AvgIpc) is 3.83. The number of pyridine rings is 1. The van der Waals surface area contributed by atoms with Crippen molar-refractivity contribution in [3.8, 4) is 5.75 Å². The molecule has 1 aliphatic carbocycles. The molecular weight excluding hydrogens is 609 g/mol. The van der Waals surface area contributed by atoms with E-state index in [-0.39, 0.29) is 22.1 Å². The number of carbonyl (C=O) groups excluding carboxylic acids is 2. The molecule has 2 aliphatic heterocycles. The molecular formula is C32H34F3N4O5S+.